The molecule has 1 aromatic carbocycles. The highest BCUT2D eigenvalue weighted by atomic mass is 79.9. The monoisotopic (exact) mass is 356 g/mol. The Labute approximate surface area is 133 Å². The lowest BCUT2D eigenvalue weighted by atomic mass is 9.74. The Morgan fingerprint density at radius 3 is 2.81 bits per heavy atom. The molecule has 1 aromatic rings. The fraction of sp³-hybridized carbons (Fsp3) is 0.647. The van der Waals surface area contributed by atoms with Gasteiger partial charge in [-0.05, 0) is 55.4 Å². The molecule has 1 aliphatic carbocycles. The molecule has 1 heterocycles. The van der Waals surface area contributed by atoms with Crippen LogP contribution in [-0.2, 0) is 4.74 Å². The Morgan fingerprint density at radius 1 is 1.29 bits per heavy atom. The Kier molecular flexibility index (Phi) is 4.67. The van der Waals surface area contributed by atoms with Crippen molar-refractivity contribution in [1.29, 1.82) is 0 Å². The highest BCUT2D eigenvalue weighted by Crippen LogP contribution is 2.45. The molecule has 4 heteroatoms. The first-order chi connectivity index (χ1) is 10.1. The summed E-state index contributed by atoms with van der Waals surface area (Å²) in [6.45, 7) is 0.703. The molecule has 21 heavy (non-hydrogen) atoms. The highest BCUT2D eigenvalue weighted by molar-refractivity contribution is 9.10. The van der Waals surface area contributed by atoms with Crippen LogP contribution in [0.5, 0.6) is 0 Å². The molecule has 1 saturated heterocycles. The summed E-state index contributed by atoms with van der Waals surface area (Å²) in [5.74, 6) is -0.151. The zero-order chi connectivity index (χ0) is 14.9. The second-order valence-electron chi connectivity index (χ2n) is 6.46. The lowest BCUT2D eigenvalue weighted by Crippen LogP contribution is -2.42. The molecule has 1 aliphatic heterocycles. The standard InChI is InChI=1S/C17H22BrFO2/c18-15-5-4-13(19)10-14(15)16(20)12-6-9-21-17(11-12)7-2-1-3-8-17/h4-5,10,12,16,20H,1-3,6-9,11H2. The number of hydrogen-bond donors (Lipinski definition) is 1. The number of halogens is 2. The summed E-state index contributed by atoms with van der Waals surface area (Å²) in [7, 11) is 0. The van der Waals surface area contributed by atoms with Crippen LogP contribution in [0.3, 0.4) is 0 Å². The molecule has 2 aliphatic rings. The summed E-state index contributed by atoms with van der Waals surface area (Å²) in [6, 6.07) is 4.52. The third kappa shape index (κ3) is 3.33. The minimum atomic E-state index is -0.627. The highest BCUT2D eigenvalue weighted by Gasteiger charge is 2.41. The first-order valence-corrected chi connectivity index (χ1v) is 8.66. The first-order valence-electron chi connectivity index (χ1n) is 7.87. The molecule has 2 nitrogen and oxygen atoms in total. The van der Waals surface area contributed by atoms with Gasteiger partial charge < -0.3 is 9.84 Å². The SMILES string of the molecule is OC(c1cc(F)ccc1Br)C1CCOC2(CCCCC2)C1. The number of aliphatic hydroxyl groups excluding tert-OH is 1. The molecule has 116 valence electrons. The second kappa shape index (κ2) is 6.35. The van der Waals surface area contributed by atoms with Crippen molar-refractivity contribution in [3.63, 3.8) is 0 Å². The van der Waals surface area contributed by atoms with E-state index in [1.807, 2.05) is 0 Å². The van der Waals surface area contributed by atoms with Crippen molar-refractivity contribution in [3.05, 3.63) is 34.1 Å². The van der Waals surface area contributed by atoms with Gasteiger partial charge in [0, 0.05) is 11.1 Å². The summed E-state index contributed by atoms with van der Waals surface area (Å²) in [6.07, 6.45) is 7.01. The van der Waals surface area contributed by atoms with Gasteiger partial charge in [0.2, 0.25) is 0 Å². The quantitative estimate of drug-likeness (QED) is 0.828. The van der Waals surface area contributed by atoms with Crippen molar-refractivity contribution in [2.45, 2.75) is 56.7 Å². The van der Waals surface area contributed by atoms with Crippen LogP contribution < -0.4 is 0 Å². The van der Waals surface area contributed by atoms with Crippen molar-refractivity contribution in [3.8, 4) is 0 Å². The van der Waals surface area contributed by atoms with Gasteiger partial charge in [-0.1, -0.05) is 35.2 Å². The summed E-state index contributed by atoms with van der Waals surface area (Å²) in [4.78, 5) is 0. The number of benzene rings is 1. The normalized spacial score (nSPS) is 26.7. The average Bonchev–Trinajstić information content (AvgIpc) is 2.50. The Morgan fingerprint density at radius 2 is 2.05 bits per heavy atom. The van der Waals surface area contributed by atoms with E-state index in [4.69, 9.17) is 4.74 Å². The van der Waals surface area contributed by atoms with Crippen LogP contribution in [-0.4, -0.2) is 17.3 Å². The Bertz CT molecular complexity index is 494. The van der Waals surface area contributed by atoms with Crippen LogP contribution >= 0.6 is 15.9 Å². The fourth-order valence-electron chi connectivity index (χ4n) is 3.87. The maximum atomic E-state index is 13.5. The Balaban J connectivity index is 1.77. The van der Waals surface area contributed by atoms with Crippen molar-refractivity contribution in [2.75, 3.05) is 6.61 Å². The molecule has 0 radical (unpaired) electrons. The summed E-state index contributed by atoms with van der Waals surface area (Å²) < 4.78 is 20.3. The number of aliphatic hydroxyl groups is 1. The molecule has 0 amide bonds. The molecular weight excluding hydrogens is 335 g/mol. The van der Waals surface area contributed by atoms with Gasteiger partial charge in [-0.2, -0.15) is 0 Å². The van der Waals surface area contributed by atoms with E-state index in [2.05, 4.69) is 15.9 Å². The molecule has 1 spiro atoms. The predicted molar refractivity (Wildman–Crippen MR) is 83.6 cm³/mol. The van der Waals surface area contributed by atoms with E-state index in [9.17, 15) is 9.50 Å². The van der Waals surface area contributed by atoms with Crippen molar-refractivity contribution >= 4 is 15.9 Å². The van der Waals surface area contributed by atoms with Gasteiger partial charge in [-0.3, -0.25) is 0 Å². The molecular formula is C17H22BrFO2. The van der Waals surface area contributed by atoms with Gasteiger partial charge in [0.05, 0.1) is 11.7 Å². The van der Waals surface area contributed by atoms with Gasteiger partial charge in [0.1, 0.15) is 5.82 Å². The third-order valence-corrected chi connectivity index (χ3v) is 5.74. The lowest BCUT2D eigenvalue weighted by molar-refractivity contribution is -0.134. The van der Waals surface area contributed by atoms with Crippen LogP contribution in [0.15, 0.2) is 22.7 Å². The lowest BCUT2D eigenvalue weighted by Gasteiger charge is -2.44. The minimum absolute atomic E-state index is 0.0397. The van der Waals surface area contributed by atoms with Crippen LogP contribution in [0.25, 0.3) is 0 Å². The number of hydrogen-bond acceptors (Lipinski definition) is 2. The van der Waals surface area contributed by atoms with E-state index < -0.39 is 6.10 Å². The molecule has 0 aromatic heterocycles. The second-order valence-corrected chi connectivity index (χ2v) is 7.31. The fourth-order valence-corrected chi connectivity index (χ4v) is 4.36. The van der Waals surface area contributed by atoms with E-state index >= 15 is 0 Å². The summed E-state index contributed by atoms with van der Waals surface area (Å²) in [5.41, 5.74) is 0.620. The first kappa shape index (κ1) is 15.4. The topological polar surface area (TPSA) is 29.5 Å². The molecule has 2 atom stereocenters. The summed E-state index contributed by atoms with van der Waals surface area (Å²) in [5, 5.41) is 10.7. The molecule has 3 rings (SSSR count). The smallest absolute Gasteiger partial charge is 0.123 e. The number of rotatable bonds is 2. The maximum Gasteiger partial charge on any atom is 0.123 e. The van der Waals surface area contributed by atoms with E-state index in [1.165, 1.54) is 31.4 Å². The molecule has 1 saturated carbocycles. The minimum Gasteiger partial charge on any atom is -0.388 e. The van der Waals surface area contributed by atoms with E-state index in [0.29, 0.717) is 12.2 Å². The van der Waals surface area contributed by atoms with E-state index in [-0.39, 0.29) is 17.3 Å². The van der Waals surface area contributed by atoms with Crippen LogP contribution in [0.2, 0.25) is 0 Å². The maximum absolute atomic E-state index is 13.5. The molecule has 1 N–H and O–H groups in total. The van der Waals surface area contributed by atoms with Crippen LogP contribution in [0, 0.1) is 11.7 Å². The zero-order valence-electron chi connectivity index (χ0n) is 12.2. The van der Waals surface area contributed by atoms with Crippen molar-refractivity contribution < 1.29 is 14.2 Å². The molecule has 2 unspecified atom stereocenters. The van der Waals surface area contributed by atoms with Crippen LogP contribution in [0.1, 0.15) is 56.6 Å². The van der Waals surface area contributed by atoms with Gasteiger partial charge in [-0.15, -0.1) is 0 Å². The summed E-state index contributed by atoms with van der Waals surface area (Å²) >= 11 is 3.43. The van der Waals surface area contributed by atoms with Gasteiger partial charge in [-0.25, -0.2) is 4.39 Å². The predicted octanol–water partition coefficient (Wildman–Crippen LogP) is 4.75. The largest absolute Gasteiger partial charge is 0.388 e. The molecule has 0 bridgehead atoms. The Hall–Kier alpha value is -0.450. The zero-order valence-corrected chi connectivity index (χ0v) is 13.7. The number of ether oxygens (including phenoxy) is 1. The van der Waals surface area contributed by atoms with E-state index in [0.717, 1.165) is 30.2 Å². The third-order valence-electron chi connectivity index (χ3n) is 5.02. The van der Waals surface area contributed by atoms with Crippen LogP contribution in [0.4, 0.5) is 4.39 Å². The average molecular weight is 357 g/mol. The van der Waals surface area contributed by atoms with Gasteiger partial charge >= 0.3 is 0 Å². The van der Waals surface area contributed by atoms with Crippen molar-refractivity contribution in [1.82, 2.24) is 0 Å². The van der Waals surface area contributed by atoms with Gasteiger partial charge in [0.25, 0.3) is 0 Å². The van der Waals surface area contributed by atoms with Crippen molar-refractivity contribution in [2.24, 2.45) is 5.92 Å². The molecule has 2 fully saturated rings. The van der Waals surface area contributed by atoms with E-state index in [1.54, 1.807) is 6.07 Å². The van der Waals surface area contributed by atoms with Gasteiger partial charge in [0.15, 0.2) is 0 Å².